The molecule has 0 aliphatic carbocycles. The lowest BCUT2D eigenvalue weighted by molar-refractivity contribution is 1.60. The molecule has 0 unspecified atom stereocenters. The molecule has 92 valence electrons. The van der Waals surface area contributed by atoms with E-state index in [1.54, 1.807) is 0 Å². The van der Waals surface area contributed by atoms with Gasteiger partial charge in [-0.1, -0.05) is 48.2 Å². The molecule has 0 radical (unpaired) electrons. The number of hydrogen-bond donors (Lipinski definition) is 2. The standard InChI is InChI=1S/C15H18N2Si/c1-2-13-18(16-14-9-5-3-6-10-14)17-15-11-7-4-8-12-15/h2-13,16-18H,1H3. The van der Waals surface area contributed by atoms with Gasteiger partial charge in [-0.25, -0.2) is 0 Å². The SMILES string of the molecule is CC=C[SiH](Nc1ccccc1)Nc1ccccc1. The van der Waals surface area contributed by atoms with Crippen molar-refractivity contribution in [2.45, 2.75) is 6.92 Å². The Bertz CT molecular complexity index is 441. The van der Waals surface area contributed by atoms with Crippen LogP contribution >= 0.6 is 0 Å². The van der Waals surface area contributed by atoms with Gasteiger partial charge in [-0.15, -0.1) is 0 Å². The predicted molar refractivity (Wildman–Crippen MR) is 82.1 cm³/mol. The molecule has 0 saturated carbocycles. The second kappa shape index (κ2) is 6.66. The maximum absolute atomic E-state index is 3.57. The summed E-state index contributed by atoms with van der Waals surface area (Å²) in [6.07, 6.45) is 2.10. The van der Waals surface area contributed by atoms with Crippen molar-refractivity contribution in [3.63, 3.8) is 0 Å². The van der Waals surface area contributed by atoms with Crippen LogP contribution in [-0.2, 0) is 0 Å². The molecular formula is C15H18N2Si. The molecule has 2 aromatic carbocycles. The van der Waals surface area contributed by atoms with E-state index in [2.05, 4.69) is 52.9 Å². The van der Waals surface area contributed by atoms with Gasteiger partial charge in [0.2, 0.25) is 0 Å². The van der Waals surface area contributed by atoms with Crippen LogP contribution in [0.25, 0.3) is 0 Å². The first-order valence-corrected chi connectivity index (χ1v) is 7.96. The average Bonchev–Trinajstić information content (AvgIpc) is 2.41. The van der Waals surface area contributed by atoms with E-state index in [0.29, 0.717) is 0 Å². The lowest BCUT2D eigenvalue weighted by Crippen LogP contribution is -2.32. The van der Waals surface area contributed by atoms with E-state index in [9.17, 15) is 0 Å². The number of anilines is 2. The summed E-state index contributed by atoms with van der Waals surface area (Å²) in [5.41, 5.74) is 4.56. The molecule has 2 rings (SSSR count). The first-order valence-electron chi connectivity index (χ1n) is 6.14. The Hall–Kier alpha value is -2.00. The summed E-state index contributed by atoms with van der Waals surface area (Å²) in [6.45, 7) is 2.05. The summed E-state index contributed by atoms with van der Waals surface area (Å²) < 4.78 is 0. The van der Waals surface area contributed by atoms with Crippen LogP contribution in [0.4, 0.5) is 11.4 Å². The van der Waals surface area contributed by atoms with Crippen molar-refractivity contribution in [3.8, 4) is 0 Å². The van der Waals surface area contributed by atoms with E-state index in [4.69, 9.17) is 0 Å². The summed E-state index contributed by atoms with van der Waals surface area (Å²) in [4.78, 5) is 7.14. The molecule has 0 heterocycles. The van der Waals surface area contributed by atoms with Crippen LogP contribution in [0.5, 0.6) is 0 Å². The van der Waals surface area contributed by atoms with E-state index >= 15 is 0 Å². The smallest absolute Gasteiger partial charge is 0.268 e. The molecule has 2 nitrogen and oxygen atoms in total. The van der Waals surface area contributed by atoms with Gasteiger partial charge in [0.05, 0.1) is 0 Å². The highest BCUT2D eigenvalue weighted by Crippen LogP contribution is 2.10. The third-order valence-corrected chi connectivity index (χ3v) is 4.64. The largest absolute Gasteiger partial charge is 0.394 e. The monoisotopic (exact) mass is 254 g/mol. The van der Waals surface area contributed by atoms with E-state index in [1.165, 1.54) is 0 Å². The van der Waals surface area contributed by atoms with E-state index in [0.717, 1.165) is 11.4 Å². The molecule has 18 heavy (non-hydrogen) atoms. The van der Waals surface area contributed by atoms with E-state index in [1.807, 2.05) is 36.4 Å². The molecule has 3 heteroatoms. The van der Waals surface area contributed by atoms with E-state index in [-0.39, 0.29) is 0 Å². The van der Waals surface area contributed by atoms with Crippen molar-refractivity contribution in [2.24, 2.45) is 0 Å². The average molecular weight is 254 g/mol. The Labute approximate surface area is 110 Å². The molecule has 0 atom stereocenters. The van der Waals surface area contributed by atoms with Crippen LogP contribution in [0.1, 0.15) is 6.92 Å². The molecule has 2 N–H and O–H groups in total. The zero-order valence-corrected chi connectivity index (χ0v) is 11.7. The molecule has 0 saturated heterocycles. The number of benzene rings is 2. The molecule has 0 fully saturated rings. The fourth-order valence-corrected chi connectivity index (χ4v) is 3.51. The minimum Gasteiger partial charge on any atom is -0.394 e. The van der Waals surface area contributed by atoms with Crippen LogP contribution < -0.4 is 9.96 Å². The Morgan fingerprint density at radius 1 is 0.778 bits per heavy atom. The molecule has 0 bridgehead atoms. The Kier molecular flexibility index (Phi) is 4.61. The van der Waals surface area contributed by atoms with Gasteiger partial charge in [0.1, 0.15) is 0 Å². The van der Waals surface area contributed by atoms with Crippen LogP contribution in [0, 0.1) is 0 Å². The molecule has 0 aliphatic heterocycles. The van der Waals surface area contributed by atoms with Gasteiger partial charge in [-0.2, -0.15) is 0 Å². The molecular weight excluding hydrogens is 236 g/mol. The lowest BCUT2D eigenvalue weighted by Gasteiger charge is -2.17. The highest BCUT2D eigenvalue weighted by molar-refractivity contribution is 6.70. The van der Waals surface area contributed by atoms with Gasteiger partial charge in [0, 0.05) is 11.4 Å². The fourth-order valence-electron chi connectivity index (χ4n) is 1.75. The topological polar surface area (TPSA) is 24.1 Å². The highest BCUT2D eigenvalue weighted by Gasteiger charge is 2.06. The Balaban J connectivity index is 2.05. The third-order valence-electron chi connectivity index (χ3n) is 2.58. The Morgan fingerprint density at radius 2 is 1.22 bits per heavy atom. The third kappa shape index (κ3) is 3.78. The van der Waals surface area contributed by atoms with Crippen molar-refractivity contribution in [2.75, 3.05) is 9.96 Å². The molecule has 0 aliphatic rings. The second-order valence-electron chi connectivity index (χ2n) is 4.02. The van der Waals surface area contributed by atoms with Crippen LogP contribution in [-0.4, -0.2) is 9.12 Å². The minimum absolute atomic E-state index is 1.16. The van der Waals surface area contributed by atoms with Gasteiger partial charge in [0.25, 0.3) is 9.12 Å². The fraction of sp³-hybridized carbons (Fsp3) is 0.0667. The van der Waals surface area contributed by atoms with Crippen molar-refractivity contribution in [1.82, 2.24) is 0 Å². The summed E-state index contributed by atoms with van der Waals surface area (Å²) >= 11 is 0. The van der Waals surface area contributed by atoms with Crippen LogP contribution in [0.2, 0.25) is 0 Å². The van der Waals surface area contributed by atoms with Gasteiger partial charge in [-0.3, -0.25) is 0 Å². The second-order valence-corrected chi connectivity index (χ2v) is 5.94. The number of para-hydroxylation sites is 2. The van der Waals surface area contributed by atoms with Crippen molar-refractivity contribution in [1.29, 1.82) is 0 Å². The quantitative estimate of drug-likeness (QED) is 0.797. The van der Waals surface area contributed by atoms with Crippen molar-refractivity contribution >= 4 is 20.5 Å². The number of allylic oxidation sites excluding steroid dienone is 1. The molecule has 0 amide bonds. The van der Waals surface area contributed by atoms with Crippen molar-refractivity contribution in [3.05, 3.63) is 72.4 Å². The lowest BCUT2D eigenvalue weighted by atomic mass is 10.3. The van der Waals surface area contributed by atoms with Gasteiger partial charge in [-0.05, 0) is 31.2 Å². The van der Waals surface area contributed by atoms with Gasteiger partial charge < -0.3 is 9.96 Å². The van der Waals surface area contributed by atoms with E-state index < -0.39 is 9.12 Å². The summed E-state index contributed by atoms with van der Waals surface area (Å²) in [7, 11) is -1.37. The maximum atomic E-state index is 3.57. The zero-order valence-electron chi connectivity index (χ0n) is 10.5. The summed E-state index contributed by atoms with van der Waals surface area (Å²) in [5, 5.41) is 0. The molecule has 0 aromatic heterocycles. The summed E-state index contributed by atoms with van der Waals surface area (Å²) in [5.74, 6) is 0. The highest BCUT2D eigenvalue weighted by atomic mass is 28.3. The van der Waals surface area contributed by atoms with Gasteiger partial charge >= 0.3 is 0 Å². The normalized spacial score (nSPS) is 10.8. The number of hydrogen-bond acceptors (Lipinski definition) is 2. The molecule has 0 spiro atoms. The van der Waals surface area contributed by atoms with Crippen molar-refractivity contribution < 1.29 is 0 Å². The number of nitrogens with one attached hydrogen (secondary N) is 2. The Morgan fingerprint density at radius 3 is 1.61 bits per heavy atom. The maximum Gasteiger partial charge on any atom is 0.268 e. The minimum atomic E-state index is -1.37. The first kappa shape index (κ1) is 12.5. The van der Waals surface area contributed by atoms with Crippen LogP contribution in [0.15, 0.2) is 72.4 Å². The predicted octanol–water partition coefficient (Wildman–Crippen LogP) is 3.55. The molecule has 2 aromatic rings. The summed E-state index contributed by atoms with van der Waals surface area (Å²) in [6, 6.07) is 20.6. The van der Waals surface area contributed by atoms with Gasteiger partial charge in [0.15, 0.2) is 0 Å². The number of rotatable bonds is 5. The zero-order chi connectivity index (χ0) is 12.6. The van der Waals surface area contributed by atoms with Crippen LogP contribution in [0.3, 0.4) is 0 Å². The first-order chi connectivity index (χ1) is 8.88.